The summed E-state index contributed by atoms with van der Waals surface area (Å²) in [6.45, 7) is 2.21. The molecular weight excluding hydrogens is 280 g/mol. The molecule has 1 aliphatic rings. The monoisotopic (exact) mass is 296 g/mol. The van der Waals surface area contributed by atoms with E-state index in [1.54, 1.807) is 30.2 Å². The van der Waals surface area contributed by atoms with Gasteiger partial charge in [-0.2, -0.15) is 0 Å². The van der Waals surface area contributed by atoms with Gasteiger partial charge in [-0.3, -0.25) is 9.78 Å². The molecular formula is C17H16N2O3. The normalized spacial score (nSPS) is 14.3. The highest BCUT2D eigenvalue weighted by Crippen LogP contribution is 2.28. The molecule has 2 heterocycles. The first-order valence-electron chi connectivity index (χ1n) is 7.17. The van der Waals surface area contributed by atoms with Crippen LogP contribution >= 0.6 is 0 Å². The number of rotatable bonds is 3. The van der Waals surface area contributed by atoms with E-state index in [1.807, 2.05) is 24.3 Å². The molecule has 1 atom stereocenters. The summed E-state index contributed by atoms with van der Waals surface area (Å²) in [4.78, 5) is 30.0. The summed E-state index contributed by atoms with van der Waals surface area (Å²) in [5.41, 5.74) is 2.38. The zero-order chi connectivity index (χ0) is 15.5. The summed E-state index contributed by atoms with van der Waals surface area (Å²) in [7, 11) is 0. The third kappa shape index (κ3) is 2.70. The van der Waals surface area contributed by atoms with Gasteiger partial charge in [0.15, 0.2) is 6.10 Å². The molecule has 1 amide bonds. The fourth-order valence-electron chi connectivity index (χ4n) is 2.55. The lowest BCUT2D eigenvalue weighted by molar-refractivity contribution is -0.126. The number of para-hydroxylation sites is 1. The Morgan fingerprint density at radius 2 is 2.05 bits per heavy atom. The minimum Gasteiger partial charge on any atom is -0.449 e. The quantitative estimate of drug-likeness (QED) is 0.815. The van der Waals surface area contributed by atoms with Crippen LogP contribution in [0.3, 0.4) is 0 Å². The number of pyridine rings is 1. The van der Waals surface area contributed by atoms with Crippen molar-refractivity contribution in [1.29, 1.82) is 0 Å². The van der Waals surface area contributed by atoms with Gasteiger partial charge in [0.2, 0.25) is 0 Å². The Kier molecular flexibility index (Phi) is 3.87. The van der Waals surface area contributed by atoms with E-state index in [9.17, 15) is 9.59 Å². The number of benzene rings is 1. The van der Waals surface area contributed by atoms with Crippen LogP contribution in [0.1, 0.15) is 22.8 Å². The Bertz CT molecular complexity index is 700. The number of amides is 1. The van der Waals surface area contributed by atoms with Crippen LogP contribution in [0.2, 0.25) is 0 Å². The fourth-order valence-corrected chi connectivity index (χ4v) is 2.55. The second-order valence-electron chi connectivity index (χ2n) is 5.16. The molecule has 1 aliphatic heterocycles. The molecule has 3 rings (SSSR count). The second-order valence-corrected chi connectivity index (χ2v) is 5.16. The number of hydrogen-bond acceptors (Lipinski definition) is 4. The second kappa shape index (κ2) is 5.97. The van der Waals surface area contributed by atoms with E-state index in [0.29, 0.717) is 12.1 Å². The van der Waals surface area contributed by atoms with Crippen molar-refractivity contribution >= 4 is 17.6 Å². The van der Waals surface area contributed by atoms with Gasteiger partial charge >= 0.3 is 5.97 Å². The van der Waals surface area contributed by atoms with Crippen LogP contribution in [0, 0.1) is 0 Å². The Labute approximate surface area is 128 Å². The maximum atomic E-state index is 12.5. The average molecular weight is 296 g/mol. The van der Waals surface area contributed by atoms with Gasteiger partial charge in [-0.25, -0.2) is 4.79 Å². The molecule has 0 N–H and O–H groups in total. The number of carbonyl (C=O) groups excluding carboxylic acids is 2. The van der Waals surface area contributed by atoms with Crippen LogP contribution in [0.5, 0.6) is 0 Å². The van der Waals surface area contributed by atoms with Gasteiger partial charge in [0.05, 0.1) is 5.56 Å². The standard InChI is InChI=1S/C17H16N2O3/c1-12(22-17(21)14-6-4-9-18-11-14)16(20)19-10-8-13-5-2-3-7-15(13)19/h2-7,9,11-12H,8,10H2,1H3/t12-/m0/s1. The Morgan fingerprint density at radius 1 is 1.23 bits per heavy atom. The van der Waals surface area contributed by atoms with Crippen molar-refractivity contribution < 1.29 is 14.3 Å². The third-order valence-electron chi connectivity index (χ3n) is 3.68. The lowest BCUT2D eigenvalue weighted by atomic mass is 10.2. The zero-order valence-corrected chi connectivity index (χ0v) is 12.2. The molecule has 0 fully saturated rings. The van der Waals surface area contributed by atoms with E-state index >= 15 is 0 Å². The third-order valence-corrected chi connectivity index (χ3v) is 3.68. The Morgan fingerprint density at radius 3 is 2.82 bits per heavy atom. The number of fused-ring (bicyclic) bond motifs is 1. The minimum absolute atomic E-state index is 0.206. The summed E-state index contributed by atoms with van der Waals surface area (Å²) < 4.78 is 5.26. The average Bonchev–Trinajstić information content (AvgIpc) is 2.99. The van der Waals surface area contributed by atoms with Gasteiger partial charge in [-0.15, -0.1) is 0 Å². The summed E-state index contributed by atoms with van der Waals surface area (Å²) >= 11 is 0. The molecule has 5 heteroatoms. The van der Waals surface area contributed by atoms with Crippen molar-refractivity contribution in [3.05, 3.63) is 59.9 Å². The van der Waals surface area contributed by atoms with Crippen LogP contribution in [-0.4, -0.2) is 29.5 Å². The molecule has 0 aliphatic carbocycles. The van der Waals surface area contributed by atoms with E-state index in [-0.39, 0.29) is 5.91 Å². The SMILES string of the molecule is C[C@H](OC(=O)c1cccnc1)C(=O)N1CCc2ccccc21. The molecule has 1 aromatic carbocycles. The first-order chi connectivity index (χ1) is 10.7. The number of anilines is 1. The number of hydrogen-bond donors (Lipinski definition) is 0. The number of nitrogens with zero attached hydrogens (tertiary/aromatic N) is 2. The predicted octanol–water partition coefficient (Wildman–Crippen LogP) is 2.22. The van der Waals surface area contributed by atoms with E-state index in [2.05, 4.69) is 4.98 Å². The minimum atomic E-state index is -0.834. The van der Waals surface area contributed by atoms with Crippen LogP contribution in [0.25, 0.3) is 0 Å². The summed E-state index contributed by atoms with van der Waals surface area (Å²) in [5.74, 6) is -0.747. The highest BCUT2D eigenvalue weighted by atomic mass is 16.5. The largest absolute Gasteiger partial charge is 0.449 e. The van der Waals surface area contributed by atoms with E-state index in [0.717, 1.165) is 17.7 Å². The Balaban J connectivity index is 1.70. The number of aromatic nitrogens is 1. The van der Waals surface area contributed by atoms with Crippen molar-refractivity contribution in [2.75, 3.05) is 11.4 Å². The van der Waals surface area contributed by atoms with E-state index in [4.69, 9.17) is 4.74 Å². The predicted molar refractivity (Wildman–Crippen MR) is 81.6 cm³/mol. The summed E-state index contributed by atoms with van der Waals surface area (Å²) in [5, 5.41) is 0. The fraction of sp³-hybridized carbons (Fsp3) is 0.235. The molecule has 0 bridgehead atoms. The van der Waals surface area contributed by atoms with Crippen molar-refractivity contribution in [2.24, 2.45) is 0 Å². The van der Waals surface area contributed by atoms with Crippen molar-refractivity contribution in [3.8, 4) is 0 Å². The van der Waals surface area contributed by atoms with Gasteiger partial charge in [0.25, 0.3) is 5.91 Å². The molecule has 22 heavy (non-hydrogen) atoms. The molecule has 5 nitrogen and oxygen atoms in total. The van der Waals surface area contributed by atoms with Crippen molar-refractivity contribution in [3.63, 3.8) is 0 Å². The molecule has 0 unspecified atom stereocenters. The molecule has 0 spiro atoms. The van der Waals surface area contributed by atoms with Crippen LogP contribution in [0.15, 0.2) is 48.8 Å². The van der Waals surface area contributed by atoms with Crippen LogP contribution in [0.4, 0.5) is 5.69 Å². The van der Waals surface area contributed by atoms with Gasteiger partial charge in [-0.1, -0.05) is 18.2 Å². The first-order valence-corrected chi connectivity index (χ1v) is 7.17. The van der Waals surface area contributed by atoms with Crippen molar-refractivity contribution in [2.45, 2.75) is 19.4 Å². The molecule has 2 aromatic rings. The molecule has 112 valence electrons. The molecule has 0 radical (unpaired) electrons. The van der Waals surface area contributed by atoms with Gasteiger partial charge < -0.3 is 9.64 Å². The van der Waals surface area contributed by atoms with Crippen LogP contribution in [-0.2, 0) is 16.0 Å². The van der Waals surface area contributed by atoms with Crippen molar-refractivity contribution in [1.82, 2.24) is 4.98 Å². The lowest BCUT2D eigenvalue weighted by Gasteiger charge is -2.21. The number of carbonyl (C=O) groups is 2. The van der Waals surface area contributed by atoms with Gasteiger partial charge in [0.1, 0.15) is 0 Å². The Hall–Kier alpha value is -2.69. The first kappa shape index (κ1) is 14.3. The zero-order valence-electron chi connectivity index (χ0n) is 12.2. The summed E-state index contributed by atoms with van der Waals surface area (Å²) in [6, 6.07) is 11.0. The topological polar surface area (TPSA) is 59.5 Å². The molecule has 1 aromatic heterocycles. The van der Waals surface area contributed by atoms with Gasteiger partial charge in [-0.05, 0) is 37.1 Å². The lowest BCUT2D eigenvalue weighted by Crippen LogP contribution is -2.39. The van der Waals surface area contributed by atoms with E-state index < -0.39 is 12.1 Å². The molecule has 0 saturated carbocycles. The van der Waals surface area contributed by atoms with Crippen LogP contribution < -0.4 is 4.90 Å². The van der Waals surface area contributed by atoms with Gasteiger partial charge in [0, 0.05) is 24.6 Å². The molecule has 0 saturated heterocycles. The number of esters is 1. The smallest absolute Gasteiger partial charge is 0.340 e. The summed E-state index contributed by atoms with van der Waals surface area (Å²) in [6.07, 6.45) is 2.99. The highest BCUT2D eigenvalue weighted by Gasteiger charge is 2.29. The van der Waals surface area contributed by atoms with E-state index in [1.165, 1.54) is 6.20 Å². The highest BCUT2D eigenvalue weighted by molar-refractivity contribution is 6.00. The number of ether oxygens (including phenoxy) is 1. The maximum Gasteiger partial charge on any atom is 0.340 e. The maximum absolute atomic E-state index is 12.5.